The topological polar surface area (TPSA) is 60.2 Å². The zero-order valence-corrected chi connectivity index (χ0v) is 11.4. The van der Waals surface area contributed by atoms with Gasteiger partial charge in [0.2, 0.25) is 0 Å². The summed E-state index contributed by atoms with van der Waals surface area (Å²) in [5, 5.41) is 3.23. The summed E-state index contributed by atoms with van der Waals surface area (Å²) in [5.74, 6) is 1.52. The molecular weight excluding hydrogens is 258 g/mol. The van der Waals surface area contributed by atoms with Gasteiger partial charge in [-0.1, -0.05) is 24.4 Å². The average molecular weight is 273 g/mol. The molecule has 0 spiro atoms. The fraction of sp³-hybridized carbons (Fsp3) is 0.143. The van der Waals surface area contributed by atoms with Crippen LogP contribution in [0.2, 0.25) is 0 Å². The summed E-state index contributed by atoms with van der Waals surface area (Å²) in [6.07, 6.45) is 1.70. The molecular formula is C14H15N3OS. The standard InChI is InChI=1S/C14H15N3OS/c1-18-11-5-2-4-10(8-11)9-17-14-12(13(15)19)6-3-7-16-14/h2-8H,9H2,1H3,(H2,15,19)(H,16,17). The minimum Gasteiger partial charge on any atom is -0.497 e. The molecule has 2 aromatic rings. The van der Waals surface area contributed by atoms with E-state index >= 15 is 0 Å². The van der Waals surface area contributed by atoms with Crippen LogP contribution in [0.3, 0.4) is 0 Å². The molecule has 0 radical (unpaired) electrons. The number of nitrogens with zero attached hydrogens (tertiary/aromatic N) is 1. The molecule has 98 valence electrons. The van der Waals surface area contributed by atoms with Crippen LogP contribution in [0.15, 0.2) is 42.6 Å². The van der Waals surface area contributed by atoms with Gasteiger partial charge in [0.25, 0.3) is 0 Å². The minimum atomic E-state index is 0.334. The van der Waals surface area contributed by atoms with Gasteiger partial charge in [-0.2, -0.15) is 0 Å². The molecule has 0 atom stereocenters. The number of nitrogens with one attached hydrogen (secondary N) is 1. The van der Waals surface area contributed by atoms with Crippen LogP contribution in [0.25, 0.3) is 0 Å². The van der Waals surface area contributed by atoms with Gasteiger partial charge in [-0.25, -0.2) is 4.98 Å². The van der Waals surface area contributed by atoms with E-state index in [2.05, 4.69) is 10.3 Å². The normalized spacial score (nSPS) is 9.95. The highest BCUT2D eigenvalue weighted by Gasteiger charge is 2.05. The number of methoxy groups -OCH3 is 1. The zero-order chi connectivity index (χ0) is 13.7. The summed E-state index contributed by atoms with van der Waals surface area (Å²) >= 11 is 5.00. The average Bonchev–Trinajstić information content (AvgIpc) is 2.45. The van der Waals surface area contributed by atoms with E-state index in [1.54, 1.807) is 13.3 Å². The molecule has 3 N–H and O–H groups in total. The van der Waals surface area contributed by atoms with Gasteiger partial charge < -0.3 is 15.8 Å². The van der Waals surface area contributed by atoms with Crippen LogP contribution in [0.1, 0.15) is 11.1 Å². The number of thiocarbonyl (C=S) groups is 1. The van der Waals surface area contributed by atoms with E-state index in [0.717, 1.165) is 16.9 Å². The second-order valence-corrected chi connectivity index (χ2v) is 4.41. The lowest BCUT2D eigenvalue weighted by molar-refractivity contribution is 0.414. The number of hydrogen-bond acceptors (Lipinski definition) is 4. The van der Waals surface area contributed by atoms with E-state index in [0.29, 0.717) is 17.4 Å². The lowest BCUT2D eigenvalue weighted by Crippen LogP contribution is -2.14. The van der Waals surface area contributed by atoms with Crippen LogP contribution >= 0.6 is 12.2 Å². The number of pyridine rings is 1. The third kappa shape index (κ3) is 3.42. The molecule has 0 aliphatic heterocycles. The van der Waals surface area contributed by atoms with Crippen LogP contribution in [0.4, 0.5) is 5.82 Å². The molecule has 0 unspecified atom stereocenters. The van der Waals surface area contributed by atoms with E-state index in [9.17, 15) is 0 Å². The number of benzene rings is 1. The summed E-state index contributed by atoms with van der Waals surface area (Å²) in [6, 6.07) is 11.5. The lowest BCUT2D eigenvalue weighted by Gasteiger charge is -2.10. The third-order valence-electron chi connectivity index (χ3n) is 2.67. The van der Waals surface area contributed by atoms with Gasteiger partial charge in [-0.15, -0.1) is 0 Å². The first-order chi connectivity index (χ1) is 9.20. The smallest absolute Gasteiger partial charge is 0.136 e. The Hall–Kier alpha value is -2.14. The second-order valence-electron chi connectivity index (χ2n) is 3.97. The molecule has 0 fully saturated rings. The monoisotopic (exact) mass is 273 g/mol. The molecule has 0 aliphatic rings. The van der Waals surface area contributed by atoms with Gasteiger partial charge >= 0.3 is 0 Å². The van der Waals surface area contributed by atoms with Gasteiger partial charge in [0, 0.05) is 12.7 Å². The van der Waals surface area contributed by atoms with Crippen molar-refractivity contribution in [3.63, 3.8) is 0 Å². The summed E-state index contributed by atoms with van der Waals surface area (Å²) < 4.78 is 5.18. The van der Waals surface area contributed by atoms with E-state index in [1.807, 2.05) is 36.4 Å². The van der Waals surface area contributed by atoms with E-state index < -0.39 is 0 Å². The van der Waals surface area contributed by atoms with Gasteiger partial charge in [0.1, 0.15) is 16.6 Å². The molecule has 1 heterocycles. The molecule has 0 aliphatic carbocycles. The molecule has 4 nitrogen and oxygen atoms in total. The Morgan fingerprint density at radius 3 is 2.95 bits per heavy atom. The fourth-order valence-corrected chi connectivity index (χ4v) is 1.88. The van der Waals surface area contributed by atoms with Crippen molar-refractivity contribution in [2.75, 3.05) is 12.4 Å². The maximum atomic E-state index is 5.66. The first-order valence-corrected chi connectivity index (χ1v) is 6.23. The number of rotatable bonds is 5. The Kier molecular flexibility index (Phi) is 4.30. The predicted octanol–water partition coefficient (Wildman–Crippen LogP) is 2.34. The van der Waals surface area contributed by atoms with Crippen LogP contribution in [0, 0.1) is 0 Å². The van der Waals surface area contributed by atoms with Crippen molar-refractivity contribution in [1.82, 2.24) is 4.98 Å². The van der Waals surface area contributed by atoms with E-state index in [1.165, 1.54) is 0 Å². The molecule has 1 aromatic carbocycles. The summed E-state index contributed by atoms with van der Waals surface area (Å²) in [6.45, 7) is 0.629. The van der Waals surface area contributed by atoms with Crippen molar-refractivity contribution in [3.05, 3.63) is 53.7 Å². The number of anilines is 1. The van der Waals surface area contributed by atoms with Crippen LogP contribution in [-0.4, -0.2) is 17.1 Å². The second kappa shape index (κ2) is 6.15. The maximum Gasteiger partial charge on any atom is 0.136 e. The van der Waals surface area contributed by atoms with E-state index in [4.69, 9.17) is 22.7 Å². The molecule has 0 bridgehead atoms. The van der Waals surface area contributed by atoms with Gasteiger partial charge in [-0.3, -0.25) is 0 Å². The van der Waals surface area contributed by atoms with Crippen molar-refractivity contribution < 1.29 is 4.74 Å². The Morgan fingerprint density at radius 1 is 1.37 bits per heavy atom. The first-order valence-electron chi connectivity index (χ1n) is 5.82. The minimum absolute atomic E-state index is 0.334. The highest BCUT2D eigenvalue weighted by molar-refractivity contribution is 7.80. The summed E-state index contributed by atoms with van der Waals surface area (Å²) in [7, 11) is 1.65. The third-order valence-corrected chi connectivity index (χ3v) is 2.89. The highest BCUT2D eigenvalue weighted by atomic mass is 32.1. The molecule has 5 heteroatoms. The molecule has 19 heavy (non-hydrogen) atoms. The van der Waals surface area contributed by atoms with Crippen LogP contribution in [0.5, 0.6) is 5.75 Å². The van der Waals surface area contributed by atoms with Crippen molar-refractivity contribution in [3.8, 4) is 5.75 Å². The van der Waals surface area contributed by atoms with Crippen molar-refractivity contribution >= 4 is 23.0 Å². The van der Waals surface area contributed by atoms with Crippen LogP contribution < -0.4 is 15.8 Å². The van der Waals surface area contributed by atoms with Gasteiger partial charge in [-0.05, 0) is 29.8 Å². The van der Waals surface area contributed by atoms with Crippen molar-refractivity contribution in [1.29, 1.82) is 0 Å². The molecule has 1 aromatic heterocycles. The Labute approximate surface area is 117 Å². The quantitative estimate of drug-likeness (QED) is 0.819. The molecule has 0 amide bonds. The zero-order valence-electron chi connectivity index (χ0n) is 10.6. The largest absolute Gasteiger partial charge is 0.497 e. The Balaban J connectivity index is 2.12. The highest BCUT2D eigenvalue weighted by Crippen LogP contribution is 2.16. The molecule has 2 rings (SSSR count). The fourth-order valence-electron chi connectivity index (χ4n) is 1.71. The summed E-state index contributed by atoms with van der Waals surface area (Å²) in [5.41, 5.74) is 7.51. The number of hydrogen-bond donors (Lipinski definition) is 2. The van der Waals surface area contributed by atoms with Gasteiger partial charge in [0.05, 0.1) is 12.7 Å². The van der Waals surface area contributed by atoms with Crippen molar-refractivity contribution in [2.24, 2.45) is 5.73 Å². The van der Waals surface area contributed by atoms with Crippen LogP contribution in [-0.2, 0) is 6.54 Å². The lowest BCUT2D eigenvalue weighted by atomic mass is 10.2. The van der Waals surface area contributed by atoms with Crippen molar-refractivity contribution in [2.45, 2.75) is 6.54 Å². The molecule has 0 saturated heterocycles. The molecule has 0 saturated carbocycles. The SMILES string of the molecule is COc1cccc(CNc2ncccc2C(N)=S)c1. The summed E-state index contributed by atoms with van der Waals surface area (Å²) in [4.78, 5) is 4.58. The Morgan fingerprint density at radius 2 is 2.21 bits per heavy atom. The van der Waals surface area contributed by atoms with E-state index in [-0.39, 0.29) is 0 Å². The number of nitrogens with two attached hydrogens (primary N) is 1. The number of ether oxygens (including phenoxy) is 1. The number of aromatic nitrogens is 1. The maximum absolute atomic E-state index is 5.66. The Bertz CT molecular complexity index is 586. The van der Waals surface area contributed by atoms with Gasteiger partial charge in [0.15, 0.2) is 0 Å². The predicted molar refractivity (Wildman–Crippen MR) is 80.4 cm³/mol. The first kappa shape index (κ1) is 13.3.